The average molecular weight is 353 g/mol. The van der Waals surface area contributed by atoms with E-state index in [1.54, 1.807) is 17.4 Å². The molecule has 0 spiro atoms. The SMILES string of the molecule is O=C(NCC1CCCN1c1nccs1)c1cc(-c2ccccc2)n[nH]1. The minimum atomic E-state index is -0.124. The number of amides is 1. The first-order valence-electron chi connectivity index (χ1n) is 8.36. The monoisotopic (exact) mass is 353 g/mol. The van der Waals surface area contributed by atoms with E-state index < -0.39 is 0 Å². The van der Waals surface area contributed by atoms with Gasteiger partial charge in [-0.25, -0.2) is 4.98 Å². The van der Waals surface area contributed by atoms with Crippen molar-refractivity contribution in [3.05, 3.63) is 53.7 Å². The van der Waals surface area contributed by atoms with E-state index in [0.717, 1.165) is 35.8 Å². The Morgan fingerprint density at radius 2 is 2.24 bits per heavy atom. The summed E-state index contributed by atoms with van der Waals surface area (Å²) in [4.78, 5) is 19.1. The summed E-state index contributed by atoms with van der Waals surface area (Å²) in [5.74, 6) is -0.124. The molecule has 1 unspecified atom stereocenters. The Labute approximate surface area is 149 Å². The first-order valence-corrected chi connectivity index (χ1v) is 9.24. The third-order valence-electron chi connectivity index (χ3n) is 4.43. The Hall–Kier alpha value is -2.67. The largest absolute Gasteiger partial charge is 0.349 e. The van der Waals surface area contributed by atoms with Crippen LogP contribution in [0.3, 0.4) is 0 Å². The summed E-state index contributed by atoms with van der Waals surface area (Å²) in [6.07, 6.45) is 4.02. The van der Waals surface area contributed by atoms with E-state index in [4.69, 9.17) is 0 Å². The number of aromatic nitrogens is 3. The van der Waals surface area contributed by atoms with Crippen LogP contribution in [-0.2, 0) is 0 Å². The van der Waals surface area contributed by atoms with E-state index in [1.165, 1.54) is 0 Å². The highest BCUT2D eigenvalue weighted by molar-refractivity contribution is 7.13. The number of carbonyl (C=O) groups excluding carboxylic acids is 1. The van der Waals surface area contributed by atoms with Crippen molar-refractivity contribution in [2.45, 2.75) is 18.9 Å². The lowest BCUT2D eigenvalue weighted by atomic mass is 10.1. The molecule has 0 saturated carbocycles. The molecule has 2 aromatic heterocycles. The highest BCUT2D eigenvalue weighted by Gasteiger charge is 2.26. The molecule has 1 aliphatic heterocycles. The number of hydrogen-bond acceptors (Lipinski definition) is 5. The van der Waals surface area contributed by atoms with Gasteiger partial charge in [-0.1, -0.05) is 30.3 Å². The molecule has 0 aliphatic carbocycles. The molecular formula is C18H19N5OS. The zero-order valence-electron chi connectivity index (χ0n) is 13.7. The van der Waals surface area contributed by atoms with Crippen LogP contribution in [0.15, 0.2) is 48.0 Å². The van der Waals surface area contributed by atoms with Crippen molar-refractivity contribution in [1.82, 2.24) is 20.5 Å². The van der Waals surface area contributed by atoms with Crippen molar-refractivity contribution in [2.24, 2.45) is 0 Å². The third kappa shape index (κ3) is 3.41. The summed E-state index contributed by atoms with van der Waals surface area (Å²) in [6, 6.07) is 11.9. The molecule has 1 aliphatic rings. The quantitative estimate of drug-likeness (QED) is 0.740. The number of carbonyl (C=O) groups is 1. The molecule has 4 rings (SSSR count). The highest BCUT2D eigenvalue weighted by Crippen LogP contribution is 2.26. The number of nitrogens with zero attached hydrogens (tertiary/aromatic N) is 3. The Balaban J connectivity index is 1.39. The molecule has 3 heterocycles. The van der Waals surface area contributed by atoms with E-state index in [9.17, 15) is 4.79 Å². The van der Waals surface area contributed by atoms with Crippen LogP contribution in [0, 0.1) is 0 Å². The van der Waals surface area contributed by atoms with Gasteiger partial charge in [0.25, 0.3) is 5.91 Å². The van der Waals surface area contributed by atoms with E-state index >= 15 is 0 Å². The number of aromatic amines is 1. The molecule has 1 amide bonds. The summed E-state index contributed by atoms with van der Waals surface area (Å²) >= 11 is 1.64. The lowest BCUT2D eigenvalue weighted by Gasteiger charge is -2.24. The van der Waals surface area contributed by atoms with Crippen LogP contribution in [0.25, 0.3) is 11.3 Å². The molecule has 128 valence electrons. The molecule has 6 nitrogen and oxygen atoms in total. The Bertz CT molecular complexity index is 830. The second kappa shape index (κ2) is 7.06. The van der Waals surface area contributed by atoms with E-state index in [1.807, 2.05) is 41.9 Å². The number of H-pyrrole nitrogens is 1. The topological polar surface area (TPSA) is 73.9 Å². The molecule has 2 N–H and O–H groups in total. The van der Waals surface area contributed by atoms with Gasteiger partial charge < -0.3 is 10.2 Å². The minimum Gasteiger partial charge on any atom is -0.349 e. The fourth-order valence-corrected chi connectivity index (χ4v) is 3.90. The highest BCUT2D eigenvalue weighted by atomic mass is 32.1. The van der Waals surface area contributed by atoms with Crippen molar-refractivity contribution < 1.29 is 4.79 Å². The molecule has 0 bridgehead atoms. The Morgan fingerprint density at radius 3 is 3.04 bits per heavy atom. The standard InChI is InChI=1S/C18H19N5OS/c24-17(16-11-15(21-22-16)13-5-2-1-3-6-13)20-12-14-7-4-9-23(14)18-19-8-10-25-18/h1-3,5-6,8,10-11,14H,4,7,9,12H2,(H,20,24)(H,21,22). The van der Waals surface area contributed by atoms with Crippen LogP contribution in [0.2, 0.25) is 0 Å². The van der Waals surface area contributed by atoms with Crippen LogP contribution >= 0.6 is 11.3 Å². The van der Waals surface area contributed by atoms with Gasteiger partial charge in [-0.05, 0) is 18.9 Å². The molecular weight excluding hydrogens is 334 g/mol. The van der Waals surface area contributed by atoms with Gasteiger partial charge in [0, 0.05) is 36.3 Å². The summed E-state index contributed by atoms with van der Waals surface area (Å²) in [7, 11) is 0. The van der Waals surface area contributed by atoms with Gasteiger partial charge in [-0.15, -0.1) is 11.3 Å². The van der Waals surface area contributed by atoms with Gasteiger partial charge in [-0.2, -0.15) is 5.10 Å². The van der Waals surface area contributed by atoms with Gasteiger partial charge in [0.1, 0.15) is 5.69 Å². The van der Waals surface area contributed by atoms with Gasteiger partial charge in [0.15, 0.2) is 5.13 Å². The van der Waals surface area contributed by atoms with E-state index in [2.05, 4.69) is 25.4 Å². The zero-order valence-corrected chi connectivity index (χ0v) is 14.5. The number of benzene rings is 1. The maximum Gasteiger partial charge on any atom is 0.269 e. The summed E-state index contributed by atoms with van der Waals surface area (Å²) in [6.45, 7) is 1.61. The van der Waals surface area contributed by atoms with Crippen molar-refractivity contribution in [2.75, 3.05) is 18.0 Å². The molecule has 1 fully saturated rings. The zero-order chi connectivity index (χ0) is 17.1. The number of anilines is 1. The predicted molar refractivity (Wildman–Crippen MR) is 98.8 cm³/mol. The summed E-state index contributed by atoms with van der Waals surface area (Å²) < 4.78 is 0. The summed E-state index contributed by atoms with van der Waals surface area (Å²) in [5, 5.41) is 13.1. The lowest BCUT2D eigenvalue weighted by molar-refractivity contribution is 0.0946. The van der Waals surface area contributed by atoms with E-state index in [0.29, 0.717) is 18.3 Å². The number of thiazole rings is 1. The van der Waals surface area contributed by atoms with Crippen LogP contribution in [0.4, 0.5) is 5.13 Å². The number of rotatable bonds is 5. The van der Waals surface area contributed by atoms with Gasteiger partial charge in [0.2, 0.25) is 0 Å². The first kappa shape index (κ1) is 15.8. The van der Waals surface area contributed by atoms with Crippen LogP contribution in [0.5, 0.6) is 0 Å². The normalized spacial score (nSPS) is 17.0. The molecule has 25 heavy (non-hydrogen) atoms. The maximum atomic E-state index is 12.4. The van der Waals surface area contributed by atoms with Gasteiger partial charge in [-0.3, -0.25) is 9.89 Å². The second-order valence-corrected chi connectivity index (χ2v) is 6.92. The average Bonchev–Trinajstić information content (AvgIpc) is 3.41. The van der Waals surface area contributed by atoms with Crippen LogP contribution in [0.1, 0.15) is 23.3 Å². The fraction of sp³-hybridized carbons (Fsp3) is 0.278. The smallest absolute Gasteiger partial charge is 0.269 e. The molecule has 1 atom stereocenters. The molecule has 7 heteroatoms. The molecule has 1 aromatic carbocycles. The predicted octanol–water partition coefficient (Wildman–Crippen LogP) is 2.93. The van der Waals surface area contributed by atoms with Crippen LogP contribution in [-0.4, -0.2) is 40.2 Å². The van der Waals surface area contributed by atoms with Crippen LogP contribution < -0.4 is 10.2 Å². The Kier molecular flexibility index (Phi) is 4.47. The van der Waals surface area contributed by atoms with Crippen molar-refractivity contribution in [3.63, 3.8) is 0 Å². The molecule has 0 radical (unpaired) electrons. The lowest BCUT2D eigenvalue weighted by Crippen LogP contribution is -2.40. The summed E-state index contributed by atoms with van der Waals surface area (Å²) in [5.41, 5.74) is 2.25. The second-order valence-electron chi connectivity index (χ2n) is 6.05. The number of hydrogen-bond donors (Lipinski definition) is 2. The van der Waals surface area contributed by atoms with Gasteiger partial charge >= 0.3 is 0 Å². The fourth-order valence-electron chi connectivity index (χ4n) is 3.16. The minimum absolute atomic E-state index is 0.124. The van der Waals surface area contributed by atoms with Crippen molar-refractivity contribution >= 4 is 22.4 Å². The first-order chi connectivity index (χ1) is 12.3. The van der Waals surface area contributed by atoms with Crippen molar-refractivity contribution in [1.29, 1.82) is 0 Å². The number of nitrogens with one attached hydrogen (secondary N) is 2. The maximum absolute atomic E-state index is 12.4. The van der Waals surface area contributed by atoms with Gasteiger partial charge in [0.05, 0.1) is 5.69 Å². The van der Waals surface area contributed by atoms with E-state index in [-0.39, 0.29) is 5.91 Å². The molecule has 1 saturated heterocycles. The molecule has 3 aromatic rings. The Morgan fingerprint density at radius 1 is 1.36 bits per heavy atom. The third-order valence-corrected chi connectivity index (χ3v) is 5.24. The van der Waals surface area contributed by atoms with Crippen molar-refractivity contribution in [3.8, 4) is 11.3 Å².